The lowest BCUT2D eigenvalue weighted by atomic mass is 9.99. The van der Waals surface area contributed by atoms with E-state index in [1.165, 1.54) is 4.31 Å². The molecule has 25 heavy (non-hydrogen) atoms. The summed E-state index contributed by atoms with van der Waals surface area (Å²) in [6, 6.07) is 10.1. The van der Waals surface area contributed by atoms with Crippen LogP contribution >= 0.6 is 15.9 Å². The van der Waals surface area contributed by atoms with Crippen molar-refractivity contribution < 1.29 is 17.6 Å². The van der Waals surface area contributed by atoms with Crippen LogP contribution in [-0.2, 0) is 21.4 Å². The summed E-state index contributed by atoms with van der Waals surface area (Å²) in [5.41, 5.74) is 0. The van der Waals surface area contributed by atoms with Crippen LogP contribution in [0.5, 0.6) is 0 Å². The fourth-order valence-corrected chi connectivity index (χ4v) is 4.65. The van der Waals surface area contributed by atoms with E-state index in [4.69, 9.17) is 4.42 Å². The molecule has 6 nitrogen and oxygen atoms in total. The molecule has 0 bridgehead atoms. The second kappa shape index (κ2) is 7.72. The predicted octanol–water partition coefficient (Wildman–Crippen LogP) is 2.76. The maximum Gasteiger partial charge on any atom is 0.243 e. The number of carbonyl (C=O) groups is 1. The molecule has 1 aromatic heterocycles. The standard InChI is InChI=1S/C17H19BrN2O4S/c18-14-5-7-16(8-6-14)25(22,23)20-9-1-3-13(12-20)17(21)19-11-15-4-2-10-24-15/h2,4-8,10,13H,1,3,9,11-12H2,(H,19,21)/t13-/m1/s1. The number of rotatable bonds is 5. The van der Waals surface area contributed by atoms with Gasteiger partial charge >= 0.3 is 0 Å². The Labute approximate surface area is 155 Å². The lowest BCUT2D eigenvalue weighted by Crippen LogP contribution is -2.45. The highest BCUT2D eigenvalue weighted by atomic mass is 79.9. The number of nitrogens with zero attached hydrogens (tertiary/aromatic N) is 1. The molecule has 0 radical (unpaired) electrons. The zero-order chi connectivity index (χ0) is 17.9. The Balaban J connectivity index is 1.65. The minimum absolute atomic E-state index is 0.146. The van der Waals surface area contributed by atoms with Gasteiger partial charge in [-0.3, -0.25) is 4.79 Å². The summed E-state index contributed by atoms with van der Waals surface area (Å²) in [6.07, 6.45) is 2.89. The molecule has 1 saturated heterocycles. The molecule has 1 fully saturated rings. The average molecular weight is 427 g/mol. The number of piperidine rings is 1. The van der Waals surface area contributed by atoms with E-state index < -0.39 is 10.0 Å². The second-order valence-electron chi connectivity index (χ2n) is 5.95. The summed E-state index contributed by atoms with van der Waals surface area (Å²) in [5.74, 6) is 0.171. The molecule has 134 valence electrons. The zero-order valence-corrected chi connectivity index (χ0v) is 15.9. The van der Waals surface area contributed by atoms with Gasteiger partial charge in [0.1, 0.15) is 5.76 Å². The topological polar surface area (TPSA) is 79.6 Å². The first-order chi connectivity index (χ1) is 12.0. The Morgan fingerprint density at radius 1 is 1.28 bits per heavy atom. The maximum absolute atomic E-state index is 12.8. The van der Waals surface area contributed by atoms with Gasteiger partial charge in [0.05, 0.1) is 23.6 Å². The molecule has 0 saturated carbocycles. The molecule has 2 aromatic rings. The third-order valence-electron chi connectivity index (χ3n) is 4.22. The number of amides is 1. The van der Waals surface area contributed by atoms with E-state index in [9.17, 15) is 13.2 Å². The highest BCUT2D eigenvalue weighted by Crippen LogP contribution is 2.25. The summed E-state index contributed by atoms with van der Waals surface area (Å²) in [5, 5.41) is 2.81. The smallest absolute Gasteiger partial charge is 0.243 e. The summed E-state index contributed by atoms with van der Waals surface area (Å²) in [4.78, 5) is 12.6. The van der Waals surface area contributed by atoms with Gasteiger partial charge in [0.25, 0.3) is 0 Å². The van der Waals surface area contributed by atoms with Gasteiger partial charge in [0.2, 0.25) is 15.9 Å². The van der Waals surface area contributed by atoms with E-state index in [1.807, 2.05) is 0 Å². The van der Waals surface area contributed by atoms with Crippen LogP contribution < -0.4 is 5.32 Å². The van der Waals surface area contributed by atoms with E-state index in [1.54, 1.807) is 42.7 Å². The van der Waals surface area contributed by atoms with Crippen LogP contribution in [0.1, 0.15) is 18.6 Å². The van der Waals surface area contributed by atoms with Crippen LogP contribution in [0.3, 0.4) is 0 Å². The Bertz CT molecular complexity index is 819. The van der Waals surface area contributed by atoms with E-state index >= 15 is 0 Å². The van der Waals surface area contributed by atoms with E-state index in [0.717, 1.165) is 4.47 Å². The van der Waals surface area contributed by atoms with Gasteiger partial charge in [0, 0.05) is 17.6 Å². The van der Waals surface area contributed by atoms with Crippen LogP contribution in [0.25, 0.3) is 0 Å². The fraction of sp³-hybridized carbons (Fsp3) is 0.353. The molecule has 0 unspecified atom stereocenters. The van der Waals surface area contributed by atoms with Crippen molar-refractivity contribution in [2.75, 3.05) is 13.1 Å². The minimum Gasteiger partial charge on any atom is -0.467 e. The van der Waals surface area contributed by atoms with Crippen molar-refractivity contribution >= 4 is 31.9 Å². The Morgan fingerprint density at radius 2 is 2.04 bits per heavy atom. The first-order valence-corrected chi connectivity index (χ1v) is 10.3. The van der Waals surface area contributed by atoms with Gasteiger partial charge < -0.3 is 9.73 Å². The van der Waals surface area contributed by atoms with Crippen LogP contribution in [0.2, 0.25) is 0 Å². The molecule has 3 rings (SSSR count). The highest BCUT2D eigenvalue weighted by molar-refractivity contribution is 9.10. The van der Waals surface area contributed by atoms with Crippen molar-refractivity contribution in [1.29, 1.82) is 0 Å². The third-order valence-corrected chi connectivity index (χ3v) is 6.63. The molecule has 0 aliphatic carbocycles. The Hall–Kier alpha value is -1.64. The van der Waals surface area contributed by atoms with Gasteiger partial charge in [-0.2, -0.15) is 4.31 Å². The van der Waals surface area contributed by atoms with Crippen molar-refractivity contribution in [1.82, 2.24) is 9.62 Å². The number of sulfonamides is 1. The predicted molar refractivity (Wildman–Crippen MR) is 96.2 cm³/mol. The van der Waals surface area contributed by atoms with E-state index in [0.29, 0.717) is 31.7 Å². The fourth-order valence-electron chi connectivity index (χ4n) is 2.86. The molecular formula is C17H19BrN2O4S. The van der Waals surface area contributed by atoms with Crippen molar-refractivity contribution in [2.24, 2.45) is 5.92 Å². The maximum atomic E-state index is 12.8. The minimum atomic E-state index is -3.59. The number of carbonyl (C=O) groups excluding carboxylic acids is 1. The number of hydrogen-bond donors (Lipinski definition) is 1. The molecule has 1 aliphatic rings. The van der Waals surface area contributed by atoms with Crippen LogP contribution in [0.4, 0.5) is 0 Å². The average Bonchev–Trinajstić information content (AvgIpc) is 3.14. The molecule has 0 spiro atoms. The first-order valence-electron chi connectivity index (χ1n) is 8.02. The highest BCUT2D eigenvalue weighted by Gasteiger charge is 2.33. The lowest BCUT2D eigenvalue weighted by molar-refractivity contribution is -0.126. The molecule has 8 heteroatoms. The van der Waals surface area contributed by atoms with Gasteiger partial charge in [-0.15, -0.1) is 0 Å². The molecule has 1 aliphatic heterocycles. The Morgan fingerprint density at radius 3 is 2.72 bits per heavy atom. The molecule has 1 N–H and O–H groups in total. The first kappa shape index (κ1) is 18.2. The lowest BCUT2D eigenvalue weighted by Gasteiger charge is -2.31. The Kier molecular flexibility index (Phi) is 5.61. The SMILES string of the molecule is O=C(NCc1ccco1)[C@@H]1CCCN(S(=O)(=O)c2ccc(Br)cc2)C1. The summed E-state index contributed by atoms with van der Waals surface area (Å²) in [7, 11) is -3.59. The number of benzene rings is 1. The molecule has 1 amide bonds. The number of furan rings is 1. The van der Waals surface area contributed by atoms with Crippen molar-refractivity contribution in [3.63, 3.8) is 0 Å². The van der Waals surface area contributed by atoms with Gasteiger partial charge in [-0.05, 0) is 49.2 Å². The zero-order valence-electron chi connectivity index (χ0n) is 13.5. The number of halogens is 1. The number of nitrogens with one attached hydrogen (secondary N) is 1. The number of hydrogen-bond acceptors (Lipinski definition) is 4. The van der Waals surface area contributed by atoms with Crippen LogP contribution in [0.15, 0.2) is 56.4 Å². The third kappa shape index (κ3) is 4.31. The van der Waals surface area contributed by atoms with Crippen molar-refractivity contribution in [2.45, 2.75) is 24.3 Å². The van der Waals surface area contributed by atoms with Crippen LogP contribution in [0, 0.1) is 5.92 Å². The molecular weight excluding hydrogens is 408 g/mol. The molecule has 1 atom stereocenters. The quantitative estimate of drug-likeness (QED) is 0.796. The molecule has 2 heterocycles. The summed E-state index contributed by atoms with van der Waals surface area (Å²) < 4.78 is 33.0. The normalized spacial score (nSPS) is 18.8. The monoisotopic (exact) mass is 426 g/mol. The summed E-state index contributed by atoms with van der Waals surface area (Å²) >= 11 is 3.30. The second-order valence-corrected chi connectivity index (χ2v) is 8.81. The van der Waals surface area contributed by atoms with Gasteiger partial charge in [-0.25, -0.2) is 8.42 Å². The van der Waals surface area contributed by atoms with Crippen LogP contribution in [-0.4, -0.2) is 31.7 Å². The van der Waals surface area contributed by atoms with Crippen molar-refractivity contribution in [3.05, 3.63) is 52.9 Å². The summed E-state index contributed by atoms with van der Waals surface area (Å²) in [6.45, 7) is 0.935. The van der Waals surface area contributed by atoms with E-state index in [2.05, 4.69) is 21.2 Å². The molecule has 1 aromatic carbocycles. The van der Waals surface area contributed by atoms with Gasteiger partial charge in [-0.1, -0.05) is 15.9 Å². The van der Waals surface area contributed by atoms with Gasteiger partial charge in [0.15, 0.2) is 0 Å². The largest absolute Gasteiger partial charge is 0.467 e. The van der Waals surface area contributed by atoms with E-state index in [-0.39, 0.29) is 23.3 Å². The van der Waals surface area contributed by atoms with Crippen molar-refractivity contribution in [3.8, 4) is 0 Å².